The van der Waals surface area contributed by atoms with Crippen LogP contribution in [-0.2, 0) is 4.79 Å². The number of imide groups is 1. The smallest absolute Gasteiger partial charge is 0.321 e. The van der Waals surface area contributed by atoms with Crippen LogP contribution in [0.3, 0.4) is 0 Å². The summed E-state index contributed by atoms with van der Waals surface area (Å²) in [6.45, 7) is 8.22. The Morgan fingerprint density at radius 3 is 2.56 bits per heavy atom. The number of hydrogen-bond donors (Lipinski definition) is 3. The number of nitrogens with one attached hydrogen (secondary N) is 2. The third-order valence-corrected chi connectivity index (χ3v) is 2.81. The largest absolute Gasteiger partial charge is 0.333 e. The van der Waals surface area contributed by atoms with Gasteiger partial charge in [-0.05, 0) is 46.2 Å². The van der Waals surface area contributed by atoms with Crippen LogP contribution >= 0.6 is 0 Å². The number of hydrogen-bond acceptors (Lipinski definition) is 4. The van der Waals surface area contributed by atoms with E-state index in [0.29, 0.717) is 12.5 Å². The molecule has 1 atom stereocenters. The normalized spacial score (nSPS) is 20.8. The highest BCUT2D eigenvalue weighted by Gasteiger charge is 2.23. The molecule has 4 N–H and O–H groups in total. The van der Waals surface area contributed by atoms with Crippen LogP contribution in [0, 0.1) is 5.92 Å². The lowest BCUT2D eigenvalue weighted by Gasteiger charge is -2.21. The first-order valence-electron chi connectivity index (χ1n) is 6.34. The molecule has 0 aromatic heterocycles. The van der Waals surface area contributed by atoms with Crippen LogP contribution in [0.2, 0.25) is 0 Å². The molecule has 1 aliphatic rings. The molecule has 0 bridgehead atoms. The summed E-state index contributed by atoms with van der Waals surface area (Å²) in [5, 5.41) is 5.02. The number of carbonyl (C=O) groups excluding carboxylic acids is 2. The summed E-state index contributed by atoms with van der Waals surface area (Å²) in [6, 6.07) is -0.443. The maximum atomic E-state index is 11.6. The molecule has 18 heavy (non-hydrogen) atoms. The van der Waals surface area contributed by atoms with Crippen molar-refractivity contribution in [1.29, 1.82) is 0 Å². The number of likely N-dealkylation sites (tertiary alicyclic amines) is 1. The van der Waals surface area contributed by atoms with E-state index in [1.807, 2.05) is 25.7 Å². The quantitative estimate of drug-likeness (QED) is 0.657. The summed E-state index contributed by atoms with van der Waals surface area (Å²) in [5.41, 5.74) is 5.24. The molecule has 1 saturated heterocycles. The molecule has 6 nitrogen and oxygen atoms in total. The Balaban J connectivity index is 2.28. The molecule has 1 aliphatic heterocycles. The Bertz CT molecular complexity index is 312. The molecular formula is C12H24N4O2. The SMILES string of the molecule is CC(C)(C)NC(=O)NC(=O)CN1CCC(CN)C1. The number of rotatable bonds is 3. The molecule has 0 aromatic rings. The molecule has 3 amide bonds. The summed E-state index contributed by atoms with van der Waals surface area (Å²) >= 11 is 0. The van der Waals surface area contributed by atoms with Gasteiger partial charge in [-0.15, -0.1) is 0 Å². The Labute approximate surface area is 108 Å². The van der Waals surface area contributed by atoms with E-state index in [-0.39, 0.29) is 18.0 Å². The predicted octanol–water partition coefficient (Wildman–Crippen LogP) is -0.109. The zero-order valence-electron chi connectivity index (χ0n) is 11.5. The van der Waals surface area contributed by atoms with Gasteiger partial charge in [0.05, 0.1) is 6.54 Å². The first-order chi connectivity index (χ1) is 8.30. The Morgan fingerprint density at radius 2 is 2.06 bits per heavy atom. The van der Waals surface area contributed by atoms with Crippen molar-refractivity contribution in [2.24, 2.45) is 11.7 Å². The zero-order chi connectivity index (χ0) is 13.8. The molecule has 0 radical (unpaired) electrons. The van der Waals surface area contributed by atoms with Crippen molar-refractivity contribution in [3.63, 3.8) is 0 Å². The fourth-order valence-electron chi connectivity index (χ4n) is 1.99. The summed E-state index contributed by atoms with van der Waals surface area (Å²) in [5.74, 6) is 0.204. The Hall–Kier alpha value is -1.14. The number of nitrogens with zero attached hydrogens (tertiary/aromatic N) is 1. The fourth-order valence-corrected chi connectivity index (χ4v) is 1.99. The Morgan fingerprint density at radius 1 is 1.39 bits per heavy atom. The van der Waals surface area contributed by atoms with Crippen molar-refractivity contribution in [3.05, 3.63) is 0 Å². The van der Waals surface area contributed by atoms with Crippen molar-refractivity contribution in [2.75, 3.05) is 26.2 Å². The van der Waals surface area contributed by atoms with E-state index in [1.165, 1.54) is 0 Å². The minimum Gasteiger partial charge on any atom is -0.333 e. The molecule has 1 unspecified atom stereocenters. The van der Waals surface area contributed by atoms with Gasteiger partial charge in [0.15, 0.2) is 0 Å². The molecule has 6 heteroatoms. The Kier molecular flexibility index (Phi) is 5.10. The highest BCUT2D eigenvalue weighted by molar-refractivity contribution is 5.95. The van der Waals surface area contributed by atoms with E-state index in [4.69, 9.17) is 5.73 Å². The maximum absolute atomic E-state index is 11.6. The molecule has 0 spiro atoms. The predicted molar refractivity (Wildman–Crippen MR) is 70.0 cm³/mol. The first-order valence-corrected chi connectivity index (χ1v) is 6.34. The van der Waals surface area contributed by atoms with Crippen LogP contribution in [0.5, 0.6) is 0 Å². The van der Waals surface area contributed by atoms with E-state index < -0.39 is 6.03 Å². The van der Waals surface area contributed by atoms with Gasteiger partial charge in [0.2, 0.25) is 5.91 Å². The van der Waals surface area contributed by atoms with Crippen LogP contribution in [0.4, 0.5) is 4.79 Å². The number of urea groups is 1. The van der Waals surface area contributed by atoms with Crippen molar-refractivity contribution in [3.8, 4) is 0 Å². The van der Waals surface area contributed by atoms with Crippen molar-refractivity contribution < 1.29 is 9.59 Å². The average molecular weight is 256 g/mol. The van der Waals surface area contributed by atoms with Gasteiger partial charge in [-0.2, -0.15) is 0 Å². The third kappa shape index (κ3) is 5.46. The molecule has 1 heterocycles. The monoisotopic (exact) mass is 256 g/mol. The number of nitrogens with two attached hydrogens (primary N) is 1. The lowest BCUT2D eigenvalue weighted by molar-refractivity contribution is -0.120. The van der Waals surface area contributed by atoms with Gasteiger partial charge < -0.3 is 11.1 Å². The minimum absolute atomic E-state index is 0.258. The van der Waals surface area contributed by atoms with E-state index in [2.05, 4.69) is 10.6 Å². The zero-order valence-corrected chi connectivity index (χ0v) is 11.5. The number of amides is 3. The first kappa shape index (κ1) is 14.9. The summed E-state index contributed by atoms with van der Waals surface area (Å²) in [6.07, 6.45) is 1.03. The molecular weight excluding hydrogens is 232 g/mol. The van der Waals surface area contributed by atoms with Crippen molar-refractivity contribution >= 4 is 11.9 Å². The van der Waals surface area contributed by atoms with Gasteiger partial charge in [0.1, 0.15) is 0 Å². The second-order valence-corrected chi connectivity index (χ2v) is 5.88. The summed E-state index contributed by atoms with van der Waals surface area (Å²) in [4.78, 5) is 25.2. The van der Waals surface area contributed by atoms with E-state index in [0.717, 1.165) is 19.5 Å². The number of carbonyl (C=O) groups is 2. The highest BCUT2D eigenvalue weighted by atomic mass is 16.2. The lowest BCUT2D eigenvalue weighted by Crippen LogP contribution is -2.50. The molecule has 0 aliphatic carbocycles. The summed E-state index contributed by atoms with van der Waals surface area (Å²) < 4.78 is 0. The van der Waals surface area contributed by atoms with Gasteiger partial charge in [-0.25, -0.2) is 4.79 Å². The van der Waals surface area contributed by atoms with Crippen LogP contribution in [-0.4, -0.2) is 48.6 Å². The topological polar surface area (TPSA) is 87.5 Å². The molecule has 0 saturated carbocycles. The van der Waals surface area contributed by atoms with Gasteiger partial charge >= 0.3 is 6.03 Å². The van der Waals surface area contributed by atoms with Crippen LogP contribution in [0.25, 0.3) is 0 Å². The van der Waals surface area contributed by atoms with Gasteiger partial charge in [-0.3, -0.25) is 15.0 Å². The maximum Gasteiger partial charge on any atom is 0.321 e. The van der Waals surface area contributed by atoms with Crippen molar-refractivity contribution in [2.45, 2.75) is 32.7 Å². The second-order valence-electron chi connectivity index (χ2n) is 5.88. The van der Waals surface area contributed by atoms with Gasteiger partial charge in [0, 0.05) is 12.1 Å². The van der Waals surface area contributed by atoms with Crippen LogP contribution in [0.1, 0.15) is 27.2 Å². The van der Waals surface area contributed by atoms with Crippen molar-refractivity contribution in [1.82, 2.24) is 15.5 Å². The highest BCUT2D eigenvalue weighted by Crippen LogP contribution is 2.13. The average Bonchev–Trinajstić information content (AvgIpc) is 2.61. The molecule has 1 fully saturated rings. The summed E-state index contributed by atoms with van der Waals surface area (Å²) in [7, 11) is 0. The van der Waals surface area contributed by atoms with E-state index in [1.54, 1.807) is 0 Å². The van der Waals surface area contributed by atoms with E-state index >= 15 is 0 Å². The minimum atomic E-state index is -0.443. The standard InChI is InChI=1S/C12H24N4O2/c1-12(2,3)15-11(18)14-10(17)8-16-5-4-9(6-13)7-16/h9H,4-8,13H2,1-3H3,(H2,14,15,17,18). The van der Waals surface area contributed by atoms with Gasteiger partial charge in [0.25, 0.3) is 0 Å². The molecule has 1 rings (SSSR count). The molecule has 104 valence electrons. The van der Waals surface area contributed by atoms with Crippen LogP contribution in [0.15, 0.2) is 0 Å². The fraction of sp³-hybridized carbons (Fsp3) is 0.833. The third-order valence-electron chi connectivity index (χ3n) is 2.81. The lowest BCUT2D eigenvalue weighted by atomic mass is 10.1. The second kappa shape index (κ2) is 6.15. The van der Waals surface area contributed by atoms with E-state index in [9.17, 15) is 9.59 Å². The molecule has 0 aromatic carbocycles. The van der Waals surface area contributed by atoms with Crippen LogP contribution < -0.4 is 16.4 Å². The van der Waals surface area contributed by atoms with Gasteiger partial charge in [-0.1, -0.05) is 0 Å².